The van der Waals surface area contributed by atoms with Gasteiger partial charge in [-0.2, -0.15) is 0 Å². The maximum Gasteiger partial charge on any atom is 0.309 e. The third kappa shape index (κ3) is 7.81. The van der Waals surface area contributed by atoms with Crippen LogP contribution < -0.4 is 0 Å². The number of thiazole rings is 1. The van der Waals surface area contributed by atoms with Crippen LogP contribution in [-0.4, -0.2) is 50.4 Å². The molecule has 202 valence electrons. The lowest BCUT2D eigenvalue weighted by molar-refractivity contribution is -0.155. The van der Waals surface area contributed by atoms with E-state index in [9.17, 15) is 24.9 Å². The van der Waals surface area contributed by atoms with Crippen molar-refractivity contribution in [3.8, 4) is 0 Å². The average Bonchev–Trinajstić information content (AvgIpc) is 3.27. The van der Waals surface area contributed by atoms with Gasteiger partial charge in [0, 0.05) is 17.2 Å². The standard InChI is InChI=1S/C28H43NO6S/c1-16-9-8-10-17(2)25(33)20(5)27(34)28(6,7)22(31)13-24(32)35-26(18(3)11-16)19(4)12-21-15-36-23(14-30)29-21/h11-12,15,17-18,20,22,25-26,30-31,33H,8-10,13-14H2,1-7H3/b16-11-,19-12+/t17-,18-,20+,22-,25-,26-/m0/s1. The highest BCUT2D eigenvalue weighted by atomic mass is 32.1. The summed E-state index contributed by atoms with van der Waals surface area (Å²) in [7, 11) is 0. The first kappa shape index (κ1) is 30.4. The molecule has 2 rings (SSSR count). The SMILES string of the molecule is C/C1=C/[C@H](C)[C@@H](/C(C)=C/c2csc(CO)n2)OC(=O)C[C@H](O)C(C)(C)C(=O)[C@H](C)[C@@H](O)[C@@H](C)CCC1. The zero-order valence-corrected chi connectivity index (χ0v) is 23.5. The minimum Gasteiger partial charge on any atom is -0.457 e. The van der Waals surface area contributed by atoms with Crippen LogP contribution in [-0.2, 0) is 20.9 Å². The van der Waals surface area contributed by atoms with Gasteiger partial charge in [-0.25, -0.2) is 4.98 Å². The summed E-state index contributed by atoms with van der Waals surface area (Å²) < 4.78 is 5.90. The molecule has 2 heterocycles. The van der Waals surface area contributed by atoms with Gasteiger partial charge in [-0.15, -0.1) is 11.3 Å². The number of hydrogen-bond acceptors (Lipinski definition) is 8. The second kappa shape index (κ2) is 13.1. The molecule has 0 radical (unpaired) electrons. The van der Waals surface area contributed by atoms with Crippen LogP contribution in [0.15, 0.2) is 22.6 Å². The Bertz CT molecular complexity index is 965. The number of rotatable bonds is 3. The van der Waals surface area contributed by atoms with Crippen molar-refractivity contribution in [1.82, 2.24) is 4.98 Å². The Labute approximate surface area is 219 Å². The van der Waals surface area contributed by atoms with Crippen LogP contribution in [0.2, 0.25) is 0 Å². The van der Waals surface area contributed by atoms with Crippen molar-refractivity contribution >= 4 is 29.2 Å². The highest BCUT2D eigenvalue weighted by Gasteiger charge is 2.42. The number of aliphatic hydroxyl groups is 3. The van der Waals surface area contributed by atoms with Crippen molar-refractivity contribution in [1.29, 1.82) is 0 Å². The first-order valence-electron chi connectivity index (χ1n) is 12.8. The largest absolute Gasteiger partial charge is 0.457 e. The normalized spacial score (nSPS) is 33.1. The number of hydrogen-bond donors (Lipinski definition) is 3. The van der Waals surface area contributed by atoms with E-state index in [-0.39, 0.29) is 30.6 Å². The molecule has 0 bridgehead atoms. The summed E-state index contributed by atoms with van der Waals surface area (Å²) >= 11 is 1.36. The van der Waals surface area contributed by atoms with Gasteiger partial charge in [0.2, 0.25) is 0 Å². The molecule has 6 atom stereocenters. The number of carbonyl (C=O) groups is 2. The maximum atomic E-state index is 13.2. The molecular weight excluding hydrogens is 478 g/mol. The molecule has 1 aromatic rings. The van der Waals surface area contributed by atoms with Crippen LogP contribution in [0.4, 0.5) is 0 Å². The van der Waals surface area contributed by atoms with E-state index in [4.69, 9.17) is 4.74 Å². The molecule has 1 aliphatic heterocycles. The summed E-state index contributed by atoms with van der Waals surface area (Å²) in [5.74, 6) is -1.73. The Balaban J connectivity index is 2.40. The van der Waals surface area contributed by atoms with Crippen LogP contribution in [0, 0.1) is 23.2 Å². The van der Waals surface area contributed by atoms with Crippen molar-refractivity contribution in [3.63, 3.8) is 0 Å². The van der Waals surface area contributed by atoms with Crippen LogP contribution in [0.1, 0.15) is 84.9 Å². The Hall–Kier alpha value is -1.87. The first-order valence-corrected chi connectivity index (χ1v) is 13.7. The number of ether oxygens (including phenoxy) is 1. The molecule has 1 aliphatic rings. The molecule has 8 heteroatoms. The van der Waals surface area contributed by atoms with Crippen molar-refractivity contribution in [2.75, 3.05) is 0 Å². The first-order chi connectivity index (χ1) is 16.8. The lowest BCUT2D eigenvalue weighted by Crippen LogP contribution is -2.45. The van der Waals surface area contributed by atoms with Crippen molar-refractivity contribution in [2.24, 2.45) is 23.2 Å². The predicted molar refractivity (Wildman–Crippen MR) is 142 cm³/mol. The topological polar surface area (TPSA) is 117 Å². The molecule has 3 N–H and O–H groups in total. The van der Waals surface area contributed by atoms with Gasteiger partial charge in [-0.05, 0) is 50.7 Å². The number of carbonyl (C=O) groups excluding carboxylic acids is 2. The molecule has 0 saturated carbocycles. The summed E-state index contributed by atoms with van der Waals surface area (Å²) in [4.78, 5) is 30.6. The molecule has 1 aromatic heterocycles. The molecule has 0 amide bonds. The fraction of sp³-hybridized carbons (Fsp3) is 0.679. The van der Waals surface area contributed by atoms with E-state index in [1.54, 1.807) is 20.8 Å². The van der Waals surface area contributed by atoms with Gasteiger partial charge >= 0.3 is 5.97 Å². The van der Waals surface area contributed by atoms with Crippen LogP contribution in [0.5, 0.6) is 0 Å². The van der Waals surface area contributed by atoms with Gasteiger partial charge in [0.05, 0.1) is 36.3 Å². The zero-order chi connectivity index (χ0) is 27.2. The van der Waals surface area contributed by atoms with E-state index in [1.807, 2.05) is 39.2 Å². The number of nitrogens with zero attached hydrogens (tertiary/aromatic N) is 1. The van der Waals surface area contributed by atoms with E-state index in [0.29, 0.717) is 10.7 Å². The number of Topliss-reactive ketones (excluding diaryl/α,β-unsaturated/α-hetero) is 1. The average molecular weight is 522 g/mol. The molecular formula is C28H43NO6S. The fourth-order valence-electron chi connectivity index (χ4n) is 4.89. The lowest BCUT2D eigenvalue weighted by atomic mass is 9.73. The number of esters is 1. The highest BCUT2D eigenvalue weighted by molar-refractivity contribution is 7.09. The molecule has 0 spiro atoms. The third-order valence-corrected chi connectivity index (χ3v) is 8.23. The predicted octanol–water partition coefficient (Wildman–Crippen LogP) is 4.70. The van der Waals surface area contributed by atoms with Gasteiger partial charge in [-0.3, -0.25) is 9.59 Å². The summed E-state index contributed by atoms with van der Waals surface area (Å²) in [5.41, 5.74) is 1.42. The Kier molecular flexibility index (Phi) is 11.0. The zero-order valence-electron chi connectivity index (χ0n) is 22.7. The van der Waals surface area contributed by atoms with Gasteiger partial charge in [0.25, 0.3) is 0 Å². The number of aliphatic hydroxyl groups excluding tert-OH is 3. The lowest BCUT2D eigenvalue weighted by Gasteiger charge is -2.34. The Morgan fingerprint density at radius 1 is 1.25 bits per heavy atom. The fourth-order valence-corrected chi connectivity index (χ4v) is 5.50. The van der Waals surface area contributed by atoms with E-state index in [2.05, 4.69) is 11.1 Å². The third-order valence-electron chi connectivity index (χ3n) is 7.38. The number of cyclic esters (lactones) is 1. The number of aromatic nitrogens is 1. The maximum absolute atomic E-state index is 13.2. The number of ketones is 1. The summed E-state index contributed by atoms with van der Waals surface area (Å²) in [6, 6.07) is 0. The highest BCUT2D eigenvalue weighted by Crippen LogP contribution is 2.33. The minimum absolute atomic E-state index is 0.0696. The van der Waals surface area contributed by atoms with Gasteiger partial charge in [0.1, 0.15) is 16.9 Å². The molecule has 0 aliphatic carbocycles. The summed E-state index contributed by atoms with van der Waals surface area (Å²) in [6.07, 6.45) is 3.45. The smallest absolute Gasteiger partial charge is 0.309 e. The van der Waals surface area contributed by atoms with Crippen LogP contribution in [0.25, 0.3) is 6.08 Å². The summed E-state index contributed by atoms with van der Waals surface area (Å²) in [5, 5.41) is 33.5. The van der Waals surface area contributed by atoms with Gasteiger partial charge in [-0.1, -0.05) is 46.3 Å². The van der Waals surface area contributed by atoms with Crippen LogP contribution >= 0.6 is 11.3 Å². The molecule has 7 nitrogen and oxygen atoms in total. The minimum atomic E-state index is -1.25. The van der Waals surface area contributed by atoms with Gasteiger partial charge < -0.3 is 20.1 Å². The van der Waals surface area contributed by atoms with E-state index in [1.165, 1.54) is 11.3 Å². The molecule has 0 fully saturated rings. The quantitative estimate of drug-likeness (QED) is 0.390. The van der Waals surface area contributed by atoms with Crippen molar-refractivity contribution in [2.45, 2.75) is 99.1 Å². The van der Waals surface area contributed by atoms with Gasteiger partial charge in [0.15, 0.2) is 0 Å². The second-order valence-electron chi connectivity index (χ2n) is 10.9. The molecule has 0 saturated heterocycles. The van der Waals surface area contributed by atoms with E-state index >= 15 is 0 Å². The number of allylic oxidation sites excluding steroid dienone is 1. The van der Waals surface area contributed by atoms with E-state index in [0.717, 1.165) is 30.4 Å². The second-order valence-corrected chi connectivity index (χ2v) is 11.9. The molecule has 0 unspecified atom stereocenters. The van der Waals surface area contributed by atoms with E-state index < -0.39 is 35.6 Å². The Morgan fingerprint density at radius 2 is 1.92 bits per heavy atom. The monoisotopic (exact) mass is 521 g/mol. The Morgan fingerprint density at radius 3 is 2.53 bits per heavy atom. The summed E-state index contributed by atoms with van der Waals surface area (Å²) in [6.45, 7) is 12.6. The van der Waals surface area contributed by atoms with Crippen molar-refractivity contribution in [3.05, 3.63) is 33.3 Å². The van der Waals surface area contributed by atoms with Crippen LogP contribution in [0.3, 0.4) is 0 Å². The van der Waals surface area contributed by atoms with Crippen molar-refractivity contribution < 1.29 is 29.6 Å². The molecule has 36 heavy (non-hydrogen) atoms. The molecule has 0 aromatic carbocycles.